The first-order valence-electron chi connectivity index (χ1n) is 6.22. The van der Waals surface area contributed by atoms with Gasteiger partial charge in [0.1, 0.15) is 11.6 Å². The fraction of sp³-hybridized carbons (Fsp3) is 0.636. The lowest BCUT2D eigenvalue weighted by Crippen LogP contribution is -2.24. The Bertz CT molecular complexity index is 468. The molecule has 112 valence electrons. The highest BCUT2D eigenvalue weighted by Gasteiger charge is 2.36. The molecule has 1 aromatic heterocycles. The first-order valence-corrected chi connectivity index (χ1v) is 6.22. The van der Waals surface area contributed by atoms with Crippen molar-refractivity contribution in [1.29, 1.82) is 0 Å². The van der Waals surface area contributed by atoms with Crippen LogP contribution in [0.15, 0.2) is 6.07 Å². The maximum absolute atomic E-state index is 12.7. The van der Waals surface area contributed by atoms with Crippen molar-refractivity contribution in [2.75, 3.05) is 30.0 Å². The van der Waals surface area contributed by atoms with E-state index in [1.807, 2.05) is 0 Å². The molecule has 0 aromatic carbocycles. The molecule has 1 aliphatic heterocycles. The van der Waals surface area contributed by atoms with Crippen molar-refractivity contribution >= 4 is 11.6 Å². The van der Waals surface area contributed by atoms with Crippen LogP contribution in [0.4, 0.5) is 24.8 Å². The Labute approximate surface area is 113 Å². The van der Waals surface area contributed by atoms with Gasteiger partial charge in [0.2, 0.25) is 5.82 Å². The summed E-state index contributed by atoms with van der Waals surface area (Å²) in [5.74, 6) is 4.31. The van der Waals surface area contributed by atoms with Crippen molar-refractivity contribution in [3.63, 3.8) is 0 Å². The number of aromatic nitrogens is 2. The van der Waals surface area contributed by atoms with Crippen molar-refractivity contribution in [2.24, 2.45) is 11.8 Å². The maximum atomic E-state index is 12.7. The van der Waals surface area contributed by atoms with E-state index in [0.717, 1.165) is 6.42 Å². The van der Waals surface area contributed by atoms with Crippen LogP contribution >= 0.6 is 0 Å². The van der Waals surface area contributed by atoms with Crippen LogP contribution in [0, 0.1) is 5.92 Å². The molecule has 2 rings (SSSR count). The molecule has 1 fully saturated rings. The number of nitrogen functional groups attached to an aromatic ring is 1. The first-order chi connectivity index (χ1) is 9.44. The molecule has 0 saturated carbocycles. The zero-order valence-electron chi connectivity index (χ0n) is 10.7. The molecule has 9 heteroatoms. The van der Waals surface area contributed by atoms with Crippen LogP contribution in [0.2, 0.25) is 0 Å². The smallest absolute Gasteiger partial charge is 0.396 e. The fourth-order valence-electron chi connectivity index (χ4n) is 2.26. The SMILES string of the molecule is NNc1cc(N2CCC(CCO)C2)nc(C(F)(F)F)n1. The fourth-order valence-corrected chi connectivity index (χ4v) is 2.26. The van der Waals surface area contributed by atoms with E-state index in [9.17, 15) is 13.2 Å². The van der Waals surface area contributed by atoms with Gasteiger partial charge in [-0.15, -0.1) is 0 Å². The molecule has 1 aliphatic rings. The summed E-state index contributed by atoms with van der Waals surface area (Å²) >= 11 is 0. The Morgan fingerprint density at radius 2 is 2.20 bits per heavy atom. The van der Waals surface area contributed by atoms with Crippen LogP contribution in [0.5, 0.6) is 0 Å². The molecule has 0 spiro atoms. The molecular formula is C11H16F3N5O. The molecular weight excluding hydrogens is 275 g/mol. The monoisotopic (exact) mass is 291 g/mol. The summed E-state index contributed by atoms with van der Waals surface area (Å²) in [6.45, 7) is 1.24. The summed E-state index contributed by atoms with van der Waals surface area (Å²) in [6, 6.07) is 1.39. The predicted octanol–water partition coefficient (Wildman–Crippen LogP) is 0.990. The number of halogens is 3. The highest BCUT2D eigenvalue weighted by molar-refractivity contribution is 5.49. The van der Waals surface area contributed by atoms with Gasteiger partial charge in [-0.3, -0.25) is 0 Å². The summed E-state index contributed by atoms with van der Waals surface area (Å²) in [5.41, 5.74) is 2.12. The van der Waals surface area contributed by atoms with Gasteiger partial charge in [-0.05, 0) is 18.8 Å². The molecule has 1 unspecified atom stereocenters. The molecule has 1 saturated heterocycles. The zero-order valence-corrected chi connectivity index (χ0v) is 10.7. The van der Waals surface area contributed by atoms with E-state index in [1.165, 1.54) is 6.07 Å². The van der Waals surface area contributed by atoms with Gasteiger partial charge in [-0.1, -0.05) is 0 Å². The largest absolute Gasteiger partial charge is 0.451 e. The minimum absolute atomic E-state index is 0.0751. The van der Waals surface area contributed by atoms with Gasteiger partial charge >= 0.3 is 6.18 Å². The van der Waals surface area contributed by atoms with Gasteiger partial charge < -0.3 is 15.4 Å². The minimum Gasteiger partial charge on any atom is -0.396 e. The number of nitrogens with zero attached hydrogens (tertiary/aromatic N) is 3. The summed E-state index contributed by atoms with van der Waals surface area (Å²) < 4.78 is 38.2. The number of aliphatic hydroxyl groups is 1. The predicted molar refractivity (Wildman–Crippen MR) is 66.9 cm³/mol. The summed E-state index contributed by atoms with van der Waals surface area (Å²) in [6.07, 6.45) is -3.17. The summed E-state index contributed by atoms with van der Waals surface area (Å²) in [5, 5.41) is 8.90. The molecule has 6 nitrogen and oxygen atoms in total. The zero-order chi connectivity index (χ0) is 14.8. The average Bonchev–Trinajstić information content (AvgIpc) is 2.86. The van der Waals surface area contributed by atoms with Crippen LogP contribution in [0.1, 0.15) is 18.7 Å². The van der Waals surface area contributed by atoms with E-state index in [1.54, 1.807) is 4.90 Å². The van der Waals surface area contributed by atoms with Crippen LogP contribution in [-0.4, -0.2) is 34.8 Å². The van der Waals surface area contributed by atoms with Crippen LogP contribution in [-0.2, 0) is 6.18 Å². The quantitative estimate of drug-likeness (QED) is 0.566. The number of aliphatic hydroxyl groups excluding tert-OH is 1. The molecule has 0 radical (unpaired) electrons. The third-order valence-corrected chi connectivity index (χ3v) is 3.26. The van der Waals surface area contributed by atoms with Crippen molar-refractivity contribution in [1.82, 2.24) is 9.97 Å². The van der Waals surface area contributed by atoms with Crippen LogP contribution in [0.25, 0.3) is 0 Å². The Morgan fingerprint density at radius 1 is 1.45 bits per heavy atom. The van der Waals surface area contributed by atoms with Crippen molar-refractivity contribution < 1.29 is 18.3 Å². The third kappa shape index (κ3) is 3.28. The molecule has 2 heterocycles. The maximum Gasteiger partial charge on any atom is 0.451 e. The van der Waals surface area contributed by atoms with Gasteiger partial charge in [0, 0.05) is 25.8 Å². The van der Waals surface area contributed by atoms with E-state index < -0.39 is 12.0 Å². The van der Waals surface area contributed by atoms with Gasteiger partial charge in [0.15, 0.2) is 0 Å². The Hall–Kier alpha value is -1.61. The second-order valence-electron chi connectivity index (χ2n) is 4.69. The lowest BCUT2D eigenvalue weighted by Gasteiger charge is -2.19. The molecule has 0 bridgehead atoms. The Kier molecular flexibility index (Phi) is 4.29. The summed E-state index contributed by atoms with van der Waals surface area (Å²) in [4.78, 5) is 8.62. The Balaban J connectivity index is 2.23. The molecule has 1 aromatic rings. The molecule has 1 atom stereocenters. The first kappa shape index (κ1) is 14.8. The van der Waals surface area contributed by atoms with E-state index in [0.29, 0.717) is 19.5 Å². The highest BCUT2D eigenvalue weighted by atomic mass is 19.4. The number of nitrogens with one attached hydrogen (secondary N) is 1. The van der Waals surface area contributed by atoms with Gasteiger partial charge in [-0.25, -0.2) is 15.8 Å². The third-order valence-electron chi connectivity index (χ3n) is 3.26. The number of nitrogens with two attached hydrogens (primary N) is 1. The topological polar surface area (TPSA) is 87.3 Å². The standard InChI is InChI=1S/C11H16F3N5O/c12-11(13,14)10-16-8(18-15)5-9(17-10)19-3-1-7(6-19)2-4-20/h5,7,20H,1-4,6,15H2,(H,16,17,18). The van der Waals surface area contributed by atoms with Crippen molar-refractivity contribution in [2.45, 2.75) is 19.0 Å². The van der Waals surface area contributed by atoms with E-state index in [4.69, 9.17) is 10.9 Å². The molecule has 0 amide bonds. The average molecular weight is 291 g/mol. The molecule has 20 heavy (non-hydrogen) atoms. The second-order valence-corrected chi connectivity index (χ2v) is 4.69. The van der Waals surface area contributed by atoms with Crippen molar-refractivity contribution in [3.05, 3.63) is 11.9 Å². The summed E-state index contributed by atoms with van der Waals surface area (Å²) in [7, 11) is 0. The number of hydrogen-bond acceptors (Lipinski definition) is 6. The number of alkyl halides is 3. The van der Waals surface area contributed by atoms with E-state index in [2.05, 4.69) is 15.4 Å². The second kappa shape index (κ2) is 5.80. The lowest BCUT2D eigenvalue weighted by atomic mass is 10.1. The van der Waals surface area contributed by atoms with Crippen molar-refractivity contribution in [3.8, 4) is 0 Å². The van der Waals surface area contributed by atoms with Gasteiger partial charge in [-0.2, -0.15) is 13.2 Å². The minimum atomic E-state index is -4.62. The Morgan fingerprint density at radius 3 is 2.80 bits per heavy atom. The number of hydrogen-bond donors (Lipinski definition) is 3. The number of hydrazine groups is 1. The lowest BCUT2D eigenvalue weighted by molar-refractivity contribution is -0.144. The highest BCUT2D eigenvalue weighted by Crippen LogP contribution is 2.31. The van der Waals surface area contributed by atoms with E-state index >= 15 is 0 Å². The number of anilines is 2. The van der Waals surface area contributed by atoms with Crippen LogP contribution in [0.3, 0.4) is 0 Å². The normalized spacial score (nSPS) is 19.4. The van der Waals surface area contributed by atoms with E-state index in [-0.39, 0.29) is 24.2 Å². The molecule has 4 N–H and O–H groups in total. The number of rotatable bonds is 4. The van der Waals surface area contributed by atoms with Crippen LogP contribution < -0.4 is 16.2 Å². The van der Waals surface area contributed by atoms with Gasteiger partial charge in [0.05, 0.1) is 0 Å². The molecule has 0 aliphatic carbocycles. The van der Waals surface area contributed by atoms with Gasteiger partial charge in [0.25, 0.3) is 0 Å².